The molecule has 2 aromatic heterocycles. The maximum atomic E-state index is 12.4. The third-order valence-electron chi connectivity index (χ3n) is 2.65. The van der Waals surface area contributed by atoms with E-state index in [1.165, 1.54) is 12.3 Å². The maximum Gasteiger partial charge on any atom is 0.255 e. The molecule has 100 valence electrons. The Morgan fingerprint density at radius 1 is 1.47 bits per heavy atom. The Labute approximate surface area is 120 Å². The second-order valence-corrected chi connectivity index (χ2v) is 4.68. The molecule has 2 aromatic rings. The number of rotatable bonds is 4. The van der Waals surface area contributed by atoms with Crippen molar-refractivity contribution in [3.8, 4) is 0 Å². The van der Waals surface area contributed by atoms with Gasteiger partial charge in [0.15, 0.2) is 0 Å². The van der Waals surface area contributed by atoms with Gasteiger partial charge in [-0.1, -0.05) is 23.2 Å². The number of furan rings is 1. The summed E-state index contributed by atoms with van der Waals surface area (Å²) in [5, 5.41) is 0.522. The van der Waals surface area contributed by atoms with Crippen LogP contribution >= 0.6 is 23.2 Å². The molecule has 0 fully saturated rings. The molecule has 0 atom stereocenters. The van der Waals surface area contributed by atoms with E-state index in [2.05, 4.69) is 4.98 Å². The number of pyridine rings is 1. The second kappa shape index (κ2) is 6.08. The van der Waals surface area contributed by atoms with Crippen molar-refractivity contribution >= 4 is 29.1 Å². The Morgan fingerprint density at radius 3 is 2.89 bits per heavy atom. The van der Waals surface area contributed by atoms with E-state index in [1.54, 1.807) is 17.2 Å². The van der Waals surface area contributed by atoms with E-state index >= 15 is 0 Å². The van der Waals surface area contributed by atoms with Crippen LogP contribution in [0.5, 0.6) is 0 Å². The Hall–Kier alpha value is -1.52. The SMILES string of the molecule is CCN(Cc1ccco1)C(=O)c1cc(Cl)ncc1Cl. The van der Waals surface area contributed by atoms with Gasteiger partial charge in [-0.25, -0.2) is 4.98 Å². The summed E-state index contributed by atoms with van der Waals surface area (Å²) in [5.74, 6) is 0.514. The average molecular weight is 299 g/mol. The molecule has 0 N–H and O–H groups in total. The van der Waals surface area contributed by atoms with Crippen molar-refractivity contribution in [2.45, 2.75) is 13.5 Å². The first-order chi connectivity index (χ1) is 9.11. The fourth-order valence-corrected chi connectivity index (χ4v) is 2.01. The molecule has 4 nitrogen and oxygen atoms in total. The zero-order valence-corrected chi connectivity index (χ0v) is 11.8. The van der Waals surface area contributed by atoms with E-state index in [9.17, 15) is 4.79 Å². The molecule has 2 rings (SSSR count). The minimum atomic E-state index is -0.201. The van der Waals surface area contributed by atoms with Crippen LogP contribution in [0, 0.1) is 0 Å². The van der Waals surface area contributed by atoms with Gasteiger partial charge in [-0.05, 0) is 25.1 Å². The number of hydrogen-bond acceptors (Lipinski definition) is 3. The maximum absolute atomic E-state index is 12.4. The molecule has 2 heterocycles. The van der Waals surface area contributed by atoms with Crippen LogP contribution in [0.1, 0.15) is 23.0 Å². The van der Waals surface area contributed by atoms with Crippen LogP contribution in [0.15, 0.2) is 35.1 Å². The molecule has 0 saturated carbocycles. The fraction of sp³-hybridized carbons (Fsp3) is 0.231. The van der Waals surface area contributed by atoms with Gasteiger partial charge in [0, 0.05) is 12.7 Å². The van der Waals surface area contributed by atoms with Crippen molar-refractivity contribution in [2.75, 3.05) is 6.54 Å². The molecule has 0 unspecified atom stereocenters. The Morgan fingerprint density at radius 2 is 2.26 bits per heavy atom. The van der Waals surface area contributed by atoms with Crippen molar-refractivity contribution in [1.82, 2.24) is 9.88 Å². The molecule has 0 bridgehead atoms. The number of hydrogen-bond donors (Lipinski definition) is 0. The first kappa shape index (κ1) is 13.9. The largest absolute Gasteiger partial charge is 0.467 e. The highest BCUT2D eigenvalue weighted by Gasteiger charge is 2.19. The van der Waals surface area contributed by atoms with Gasteiger partial charge in [0.2, 0.25) is 0 Å². The lowest BCUT2D eigenvalue weighted by Gasteiger charge is -2.20. The summed E-state index contributed by atoms with van der Waals surface area (Å²) in [4.78, 5) is 17.8. The van der Waals surface area contributed by atoms with Crippen LogP contribution in [0.25, 0.3) is 0 Å². The van der Waals surface area contributed by atoms with E-state index in [-0.39, 0.29) is 16.1 Å². The molecule has 0 spiro atoms. The van der Waals surface area contributed by atoms with Gasteiger partial charge in [-0.2, -0.15) is 0 Å². The average Bonchev–Trinajstić information content (AvgIpc) is 2.91. The third kappa shape index (κ3) is 3.28. The van der Waals surface area contributed by atoms with E-state index in [1.807, 2.05) is 13.0 Å². The third-order valence-corrected chi connectivity index (χ3v) is 3.16. The van der Waals surface area contributed by atoms with E-state index in [4.69, 9.17) is 27.6 Å². The van der Waals surface area contributed by atoms with E-state index in [0.717, 1.165) is 0 Å². The lowest BCUT2D eigenvalue weighted by atomic mass is 10.2. The van der Waals surface area contributed by atoms with Crippen LogP contribution in [0.2, 0.25) is 10.2 Å². The minimum absolute atomic E-state index is 0.201. The summed E-state index contributed by atoms with van der Waals surface area (Å²) in [6.07, 6.45) is 2.95. The molecule has 19 heavy (non-hydrogen) atoms. The van der Waals surface area contributed by atoms with Crippen LogP contribution in [-0.4, -0.2) is 22.3 Å². The van der Waals surface area contributed by atoms with Crippen LogP contribution in [0.4, 0.5) is 0 Å². The van der Waals surface area contributed by atoms with Crippen LogP contribution < -0.4 is 0 Å². The Balaban J connectivity index is 2.23. The molecule has 0 radical (unpaired) electrons. The van der Waals surface area contributed by atoms with E-state index in [0.29, 0.717) is 24.4 Å². The summed E-state index contributed by atoms with van der Waals surface area (Å²) in [6, 6.07) is 5.07. The lowest BCUT2D eigenvalue weighted by Crippen LogP contribution is -2.30. The molecular formula is C13H12Cl2N2O2. The minimum Gasteiger partial charge on any atom is -0.467 e. The fourth-order valence-electron chi connectivity index (χ4n) is 1.67. The summed E-state index contributed by atoms with van der Waals surface area (Å²) < 4.78 is 5.24. The van der Waals surface area contributed by atoms with Gasteiger partial charge < -0.3 is 9.32 Å². The summed E-state index contributed by atoms with van der Waals surface area (Å²) in [6.45, 7) is 2.81. The summed E-state index contributed by atoms with van der Waals surface area (Å²) >= 11 is 11.8. The van der Waals surface area contributed by atoms with Crippen molar-refractivity contribution in [2.24, 2.45) is 0 Å². The number of amides is 1. The van der Waals surface area contributed by atoms with Crippen molar-refractivity contribution < 1.29 is 9.21 Å². The number of carbonyl (C=O) groups is 1. The van der Waals surface area contributed by atoms with Gasteiger partial charge in [0.1, 0.15) is 10.9 Å². The van der Waals surface area contributed by atoms with Gasteiger partial charge in [0.25, 0.3) is 5.91 Å². The molecule has 6 heteroatoms. The van der Waals surface area contributed by atoms with Gasteiger partial charge in [0.05, 0.1) is 23.4 Å². The normalized spacial score (nSPS) is 10.5. The monoisotopic (exact) mass is 298 g/mol. The molecular weight excluding hydrogens is 287 g/mol. The number of nitrogens with zero attached hydrogens (tertiary/aromatic N) is 2. The molecule has 1 amide bonds. The topological polar surface area (TPSA) is 46.3 Å². The number of aromatic nitrogens is 1. The van der Waals surface area contributed by atoms with Gasteiger partial charge >= 0.3 is 0 Å². The van der Waals surface area contributed by atoms with Crippen molar-refractivity contribution in [1.29, 1.82) is 0 Å². The summed E-state index contributed by atoms with van der Waals surface area (Å²) in [7, 11) is 0. The van der Waals surface area contributed by atoms with Gasteiger partial charge in [-0.15, -0.1) is 0 Å². The highest BCUT2D eigenvalue weighted by molar-refractivity contribution is 6.35. The Kier molecular flexibility index (Phi) is 4.45. The van der Waals surface area contributed by atoms with Crippen LogP contribution in [-0.2, 0) is 6.54 Å². The highest BCUT2D eigenvalue weighted by Crippen LogP contribution is 2.20. The van der Waals surface area contributed by atoms with E-state index < -0.39 is 0 Å². The first-order valence-corrected chi connectivity index (χ1v) is 6.50. The Bertz CT molecular complexity index is 570. The second-order valence-electron chi connectivity index (χ2n) is 3.89. The van der Waals surface area contributed by atoms with Gasteiger partial charge in [-0.3, -0.25) is 4.79 Å². The lowest BCUT2D eigenvalue weighted by molar-refractivity contribution is 0.0741. The first-order valence-electron chi connectivity index (χ1n) is 5.74. The molecule has 0 saturated heterocycles. The van der Waals surface area contributed by atoms with Crippen molar-refractivity contribution in [3.63, 3.8) is 0 Å². The zero-order chi connectivity index (χ0) is 13.8. The van der Waals surface area contributed by atoms with Crippen molar-refractivity contribution in [3.05, 3.63) is 52.2 Å². The van der Waals surface area contributed by atoms with Crippen LogP contribution in [0.3, 0.4) is 0 Å². The number of carbonyl (C=O) groups excluding carboxylic acids is 1. The zero-order valence-electron chi connectivity index (χ0n) is 10.3. The molecule has 0 aliphatic heterocycles. The summed E-state index contributed by atoms with van der Waals surface area (Å²) in [5.41, 5.74) is 0.343. The predicted molar refractivity (Wildman–Crippen MR) is 73.4 cm³/mol. The number of halogens is 2. The molecule has 0 aromatic carbocycles. The molecule has 0 aliphatic rings. The quantitative estimate of drug-likeness (QED) is 0.810. The molecule has 0 aliphatic carbocycles. The predicted octanol–water partition coefficient (Wildman–Crippen LogP) is 3.64. The highest BCUT2D eigenvalue weighted by atomic mass is 35.5. The standard InChI is InChI=1S/C13H12Cl2N2O2/c1-2-17(8-9-4-3-5-19-9)13(18)10-6-12(15)16-7-11(10)14/h3-7H,2,8H2,1H3. The smallest absolute Gasteiger partial charge is 0.255 e.